The van der Waals surface area contributed by atoms with E-state index in [0.717, 1.165) is 12.0 Å². The van der Waals surface area contributed by atoms with E-state index in [4.69, 9.17) is 0 Å². The maximum absolute atomic E-state index is 3.72. The summed E-state index contributed by atoms with van der Waals surface area (Å²) in [6.07, 6.45) is 4.13. The lowest BCUT2D eigenvalue weighted by Crippen LogP contribution is -2.29. The van der Waals surface area contributed by atoms with E-state index in [1.165, 1.54) is 42.1 Å². The van der Waals surface area contributed by atoms with Crippen LogP contribution in [0.2, 0.25) is 0 Å². The van der Waals surface area contributed by atoms with Crippen LogP contribution in [0.25, 0.3) is 0 Å². The number of likely N-dealkylation sites (tertiary alicyclic amines) is 1. The molecule has 3 heteroatoms. The van der Waals surface area contributed by atoms with Gasteiger partial charge in [0.05, 0.1) is 0 Å². The fourth-order valence-electron chi connectivity index (χ4n) is 3.28. The normalized spacial score (nSPS) is 29.1. The molecule has 2 nitrogen and oxygen atoms in total. The number of hydrogen-bond acceptors (Lipinski definition) is 3. The third kappa shape index (κ3) is 2.49. The van der Waals surface area contributed by atoms with Gasteiger partial charge in [-0.2, -0.15) is 0 Å². The Morgan fingerprint density at radius 1 is 1.33 bits per heavy atom. The Morgan fingerprint density at radius 2 is 2.11 bits per heavy atom. The zero-order valence-corrected chi connectivity index (χ0v) is 12.5. The molecule has 1 aromatic heterocycles. The fourth-order valence-corrected chi connectivity index (χ4v) is 4.25. The predicted molar refractivity (Wildman–Crippen MR) is 78.3 cm³/mol. The van der Waals surface area contributed by atoms with Crippen molar-refractivity contribution in [2.75, 3.05) is 20.1 Å². The molecule has 1 aromatic rings. The molecule has 18 heavy (non-hydrogen) atoms. The Labute approximate surface area is 114 Å². The fraction of sp³-hybridized carbons (Fsp3) is 0.733. The van der Waals surface area contributed by atoms with Crippen LogP contribution in [-0.4, -0.2) is 31.1 Å². The highest BCUT2D eigenvalue weighted by atomic mass is 32.1. The third-order valence-electron chi connectivity index (χ3n) is 4.42. The molecule has 100 valence electrons. The van der Waals surface area contributed by atoms with Gasteiger partial charge in [0, 0.05) is 28.4 Å². The van der Waals surface area contributed by atoms with Crippen LogP contribution >= 0.6 is 11.3 Å². The number of aryl methyl sites for hydroxylation is 2. The molecule has 2 heterocycles. The van der Waals surface area contributed by atoms with E-state index in [9.17, 15) is 0 Å². The van der Waals surface area contributed by atoms with Crippen LogP contribution < -0.4 is 5.32 Å². The van der Waals surface area contributed by atoms with Crippen LogP contribution in [0, 0.1) is 19.8 Å². The molecule has 2 aliphatic rings. The van der Waals surface area contributed by atoms with Crippen molar-refractivity contribution in [1.29, 1.82) is 0 Å². The van der Waals surface area contributed by atoms with Crippen molar-refractivity contribution in [2.45, 2.75) is 45.2 Å². The first-order chi connectivity index (χ1) is 8.65. The Kier molecular flexibility index (Phi) is 3.48. The number of hydrogen-bond donors (Lipinski definition) is 1. The van der Waals surface area contributed by atoms with Crippen LogP contribution in [0.15, 0.2) is 6.07 Å². The second kappa shape index (κ2) is 4.95. The smallest absolute Gasteiger partial charge is 0.0396 e. The molecule has 1 aliphatic heterocycles. The summed E-state index contributed by atoms with van der Waals surface area (Å²) in [6.45, 7) is 6.96. The molecule has 0 spiro atoms. The Morgan fingerprint density at radius 3 is 2.72 bits per heavy atom. The molecular formula is C15H24N2S. The maximum Gasteiger partial charge on any atom is 0.0396 e. The predicted octanol–water partition coefficient (Wildman–Crippen LogP) is 3.11. The highest BCUT2D eigenvalue weighted by Gasteiger charge is 2.35. The highest BCUT2D eigenvalue weighted by Crippen LogP contribution is 2.40. The molecule has 0 amide bonds. The van der Waals surface area contributed by atoms with Crippen molar-refractivity contribution in [3.8, 4) is 0 Å². The monoisotopic (exact) mass is 264 g/mol. The van der Waals surface area contributed by atoms with Gasteiger partial charge < -0.3 is 5.32 Å². The van der Waals surface area contributed by atoms with Crippen LogP contribution in [0.4, 0.5) is 0 Å². The van der Waals surface area contributed by atoms with Crippen molar-refractivity contribution >= 4 is 11.3 Å². The molecular weight excluding hydrogens is 240 g/mol. The Hall–Kier alpha value is -0.380. The van der Waals surface area contributed by atoms with Gasteiger partial charge in [-0.15, -0.1) is 11.3 Å². The van der Waals surface area contributed by atoms with E-state index < -0.39 is 0 Å². The van der Waals surface area contributed by atoms with E-state index in [-0.39, 0.29) is 0 Å². The van der Waals surface area contributed by atoms with Crippen LogP contribution in [0.1, 0.15) is 40.6 Å². The lowest BCUT2D eigenvalue weighted by molar-refractivity contribution is 0.271. The first-order valence-electron chi connectivity index (χ1n) is 7.15. The van der Waals surface area contributed by atoms with Gasteiger partial charge in [0.25, 0.3) is 0 Å². The number of nitrogens with one attached hydrogen (secondary N) is 1. The number of nitrogens with zero attached hydrogens (tertiary/aromatic N) is 1. The van der Waals surface area contributed by atoms with E-state index >= 15 is 0 Å². The standard InChI is InChI=1S/C15H24N2S/c1-10-8-14(11(2)18-10)15-12(6-7-17(15)3)9-16-13-4-5-13/h8,12-13,15-16H,4-7,9H2,1-3H3. The molecule has 2 atom stereocenters. The van der Waals surface area contributed by atoms with Crippen molar-refractivity contribution in [3.05, 3.63) is 21.4 Å². The van der Waals surface area contributed by atoms with Crippen LogP contribution in [0.3, 0.4) is 0 Å². The Bertz CT molecular complexity index is 422. The number of rotatable bonds is 4. The SMILES string of the molecule is Cc1cc(C2C(CNC3CC3)CCN2C)c(C)s1. The van der Waals surface area contributed by atoms with Crippen molar-refractivity contribution in [2.24, 2.45) is 5.92 Å². The first kappa shape index (κ1) is 12.6. The van der Waals surface area contributed by atoms with Crippen molar-refractivity contribution < 1.29 is 0 Å². The maximum atomic E-state index is 3.72. The molecule has 1 aliphatic carbocycles. The van der Waals surface area contributed by atoms with E-state index in [1.807, 2.05) is 11.3 Å². The van der Waals surface area contributed by atoms with Gasteiger partial charge in [-0.3, -0.25) is 4.90 Å². The van der Waals surface area contributed by atoms with E-state index in [0.29, 0.717) is 6.04 Å². The summed E-state index contributed by atoms with van der Waals surface area (Å²) < 4.78 is 0. The van der Waals surface area contributed by atoms with Crippen molar-refractivity contribution in [3.63, 3.8) is 0 Å². The quantitative estimate of drug-likeness (QED) is 0.899. The van der Waals surface area contributed by atoms with Gasteiger partial charge in [0.15, 0.2) is 0 Å². The summed E-state index contributed by atoms with van der Waals surface area (Å²) in [4.78, 5) is 5.52. The molecule has 1 saturated heterocycles. The summed E-state index contributed by atoms with van der Waals surface area (Å²) >= 11 is 1.95. The summed E-state index contributed by atoms with van der Waals surface area (Å²) in [7, 11) is 2.29. The Balaban J connectivity index is 1.75. The van der Waals surface area contributed by atoms with Crippen LogP contribution in [0.5, 0.6) is 0 Å². The molecule has 3 rings (SSSR count). The molecule has 0 bridgehead atoms. The van der Waals surface area contributed by atoms with Crippen molar-refractivity contribution in [1.82, 2.24) is 10.2 Å². The van der Waals surface area contributed by atoms with E-state index in [2.05, 4.69) is 37.2 Å². The summed E-state index contributed by atoms with van der Waals surface area (Å²) in [5.41, 5.74) is 1.58. The van der Waals surface area contributed by atoms with Gasteiger partial charge in [-0.25, -0.2) is 0 Å². The average Bonchev–Trinajstić information content (AvgIpc) is 3.00. The number of thiophene rings is 1. The molecule has 2 unspecified atom stereocenters. The molecule has 1 saturated carbocycles. The highest BCUT2D eigenvalue weighted by molar-refractivity contribution is 7.12. The minimum Gasteiger partial charge on any atom is -0.314 e. The molecule has 0 aromatic carbocycles. The minimum atomic E-state index is 0.640. The second-order valence-electron chi connectivity index (χ2n) is 6.03. The van der Waals surface area contributed by atoms with Gasteiger partial charge in [-0.05, 0) is 64.3 Å². The van der Waals surface area contributed by atoms with Gasteiger partial charge in [0.2, 0.25) is 0 Å². The van der Waals surface area contributed by atoms with Crippen LogP contribution in [-0.2, 0) is 0 Å². The summed E-state index contributed by atoms with van der Waals surface area (Å²) in [5.74, 6) is 0.795. The van der Waals surface area contributed by atoms with Gasteiger partial charge in [-0.1, -0.05) is 0 Å². The molecule has 1 N–H and O–H groups in total. The van der Waals surface area contributed by atoms with E-state index in [1.54, 1.807) is 5.56 Å². The average molecular weight is 264 g/mol. The zero-order chi connectivity index (χ0) is 12.7. The summed E-state index contributed by atoms with van der Waals surface area (Å²) in [6, 6.07) is 3.89. The first-order valence-corrected chi connectivity index (χ1v) is 7.97. The lowest BCUT2D eigenvalue weighted by atomic mass is 9.94. The lowest BCUT2D eigenvalue weighted by Gasteiger charge is -2.25. The molecule has 2 fully saturated rings. The second-order valence-corrected chi connectivity index (χ2v) is 7.49. The largest absolute Gasteiger partial charge is 0.314 e. The third-order valence-corrected chi connectivity index (χ3v) is 5.40. The van der Waals surface area contributed by atoms with Gasteiger partial charge in [0.1, 0.15) is 0 Å². The minimum absolute atomic E-state index is 0.640. The molecule has 0 radical (unpaired) electrons. The summed E-state index contributed by atoms with van der Waals surface area (Å²) in [5, 5.41) is 3.72. The van der Waals surface area contributed by atoms with Gasteiger partial charge >= 0.3 is 0 Å². The topological polar surface area (TPSA) is 15.3 Å². The zero-order valence-electron chi connectivity index (χ0n) is 11.7.